The second kappa shape index (κ2) is 6.11. The fourth-order valence-electron chi connectivity index (χ4n) is 4.37. The largest absolute Gasteiger partial charge is 0.310 e. The molecular weight excluding hydrogens is 234 g/mol. The van der Waals surface area contributed by atoms with E-state index >= 15 is 0 Å². The number of rotatable bonds is 2. The van der Waals surface area contributed by atoms with Gasteiger partial charge in [0.15, 0.2) is 0 Å². The van der Waals surface area contributed by atoms with Crippen molar-refractivity contribution < 1.29 is 0 Å². The maximum Gasteiger partial charge on any atom is 0.0308 e. The van der Waals surface area contributed by atoms with E-state index in [9.17, 15) is 0 Å². The lowest BCUT2D eigenvalue weighted by Gasteiger charge is -2.37. The molecule has 1 saturated carbocycles. The highest BCUT2D eigenvalue weighted by Crippen LogP contribution is 2.32. The summed E-state index contributed by atoms with van der Waals surface area (Å²) < 4.78 is 0. The number of hydrogen-bond donors (Lipinski definition) is 1. The normalized spacial score (nSPS) is 30.8. The van der Waals surface area contributed by atoms with Gasteiger partial charge >= 0.3 is 0 Å². The number of hydrogen-bond acceptors (Lipinski definition) is 3. The van der Waals surface area contributed by atoms with Gasteiger partial charge in [-0.15, -0.1) is 0 Å². The monoisotopic (exact) mass is 265 g/mol. The van der Waals surface area contributed by atoms with E-state index in [1.54, 1.807) is 0 Å². The Hall–Kier alpha value is -0.120. The van der Waals surface area contributed by atoms with E-state index in [0.717, 1.165) is 5.92 Å². The zero-order valence-electron chi connectivity index (χ0n) is 12.7. The van der Waals surface area contributed by atoms with E-state index in [1.165, 1.54) is 84.2 Å². The minimum Gasteiger partial charge on any atom is -0.310 e. The van der Waals surface area contributed by atoms with Crippen LogP contribution in [0.2, 0.25) is 0 Å². The lowest BCUT2D eigenvalue weighted by atomic mass is 9.94. The summed E-state index contributed by atoms with van der Waals surface area (Å²) in [7, 11) is 2.26. The summed E-state index contributed by atoms with van der Waals surface area (Å²) in [5.74, 6) is 0.952. The molecule has 3 rings (SSSR count). The predicted octanol–water partition coefficient (Wildman–Crippen LogP) is 1.94. The van der Waals surface area contributed by atoms with Crippen molar-refractivity contribution in [2.24, 2.45) is 5.92 Å². The average molecular weight is 265 g/mol. The van der Waals surface area contributed by atoms with Gasteiger partial charge in [0, 0.05) is 18.6 Å². The van der Waals surface area contributed by atoms with Gasteiger partial charge in [0.2, 0.25) is 0 Å². The van der Waals surface area contributed by atoms with Crippen LogP contribution in [0.25, 0.3) is 0 Å². The summed E-state index contributed by atoms with van der Waals surface area (Å²) in [6.07, 6.45) is 9.87. The third-order valence-corrected chi connectivity index (χ3v) is 5.59. The molecule has 2 heterocycles. The highest BCUT2D eigenvalue weighted by molar-refractivity contribution is 4.97. The van der Waals surface area contributed by atoms with Crippen molar-refractivity contribution in [3.63, 3.8) is 0 Å². The van der Waals surface area contributed by atoms with Crippen molar-refractivity contribution >= 4 is 0 Å². The van der Waals surface area contributed by atoms with Crippen molar-refractivity contribution in [3.8, 4) is 0 Å². The molecule has 0 radical (unpaired) electrons. The standard InChI is InChI=1S/C16H31N3/c1-18-11-5-15(6-12-18)13-19-10-4-9-17-16(14-19)7-2-3-8-16/h15,17H,2-14H2,1H3. The molecule has 2 aliphatic heterocycles. The van der Waals surface area contributed by atoms with Gasteiger partial charge in [-0.05, 0) is 71.2 Å². The first-order valence-electron chi connectivity index (χ1n) is 8.42. The van der Waals surface area contributed by atoms with Crippen molar-refractivity contribution in [2.45, 2.75) is 50.5 Å². The first-order chi connectivity index (χ1) is 9.26. The number of nitrogens with zero attached hydrogens (tertiary/aromatic N) is 2. The summed E-state index contributed by atoms with van der Waals surface area (Å²) in [6, 6.07) is 0. The first kappa shape index (κ1) is 13.8. The Morgan fingerprint density at radius 3 is 2.53 bits per heavy atom. The minimum absolute atomic E-state index is 0.488. The van der Waals surface area contributed by atoms with Crippen LogP contribution < -0.4 is 5.32 Å². The summed E-state index contributed by atoms with van der Waals surface area (Å²) >= 11 is 0. The minimum atomic E-state index is 0.488. The highest BCUT2D eigenvalue weighted by atomic mass is 15.2. The maximum atomic E-state index is 3.88. The van der Waals surface area contributed by atoms with E-state index < -0.39 is 0 Å². The van der Waals surface area contributed by atoms with Gasteiger partial charge < -0.3 is 15.1 Å². The maximum absolute atomic E-state index is 3.88. The van der Waals surface area contributed by atoms with Gasteiger partial charge in [-0.25, -0.2) is 0 Å². The summed E-state index contributed by atoms with van der Waals surface area (Å²) in [4.78, 5) is 5.28. The van der Waals surface area contributed by atoms with E-state index in [0.29, 0.717) is 5.54 Å². The van der Waals surface area contributed by atoms with Crippen LogP contribution in [0, 0.1) is 5.92 Å². The van der Waals surface area contributed by atoms with E-state index in [4.69, 9.17) is 0 Å². The van der Waals surface area contributed by atoms with Crippen LogP contribution in [-0.4, -0.2) is 61.7 Å². The van der Waals surface area contributed by atoms with Crippen molar-refractivity contribution in [1.82, 2.24) is 15.1 Å². The molecule has 0 unspecified atom stereocenters. The second-order valence-electron chi connectivity index (χ2n) is 7.25. The Morgan fingerprint density at radius 1 is 1.05 bits per heavy atom. The fourth-order valence-corrected chi connectivity index (χ4v) is 4.37. The zero-order valence-corrected chi connectivity index (χ0v) is 12.7. The van der Waals surface area contributed by atoms with Gasteiger partial charge in [-0.2, -0.15) is 0 Å². The quantitative estimate of drug-likeness (QED) is 0.823. The summed E-state index contributed by atoms with van der Waals surface area (Å²) in [6.45, 7) is 7.85. The Labute approximate surface area is 118 Å². The predicted molar refractivity (Wildman–Crippen MR) is 80.5 cm³/mol. The smallest absolute Gasteiger partial charge is 0.0308 e. The third kappa shape index (κ3) is 3.50. The molecule has 19 heavy (non-hydrogen) atoms. The molecule has 2 saturated heterocycles. The van der Waals surface area contributed by atoms with Crippen molar-refractivity contribution in [2.75, 3.05) is 46.3 Å². The number of piperidine rings is 1. The molecule has 1 aliphatic carbocycles. The number of likely N-dealkylation sites (tertiary alicyclic amines) is 1. The van der Waals surface area contributed by atoms with E-state index in [2.05, 4.69) is 22.2 Å². The van der Waals surface area contributed by atoms with Gasteiger partial charge in [0.25, 0.3) is 0 Å². The van der Waals surface area contributed by atoms with Gasteiger partial charge in [0.1, 0.15) is 0 Å². The molecular formula is C16H31N3. The van der Waals surface area contributed by atoms with E-state index in [-0.39, 0.29) is 0 Å². The van der Waals surface area contributed by atoms with Crippen LogP contribution in [0.15, 0.2) is 0 Å². The molecule has 3 heteroatoms. The zero-order chi connectivity index (χ0) is 13.1. The van der Waals surface area contributed by atoms with Crippen LogP contribution in [-0.2, 0) is 0 Å². The Bertz CT molecular complexity index is 278. The van der Waals surface area contributed by atoms with Crippen molar-refractivity contribution in [3.05, 3.63) is 0 Å². The molecule has 3 nitrogen and oxygen atoms in total. The lowest BCUT2D eigenvalue weighted by molar-refractivity contribution is 0.142. The van der Waals surface area contributed by atoms with Crippen LogP contribution in [0.3, 0.4) is 0 Å². The fraction of sp³-hybridized carbons (Fsp3) is 1.00. The Kier molecular flexibility index (Phi) is 4.45. The summed E-state index contributed by atoms with van der Waals surface area (Å²) in [5.41, 5.74) is 0.488. The highest BCUT2D eigenvalue weighted by Gasteiger charge is 2.36. The Balaban J connectivity index is 1.54. The Morgan fingerprint density at radius 2 is 1.79 bits per heavy atom. The molecule has 110 valence electrons. The van der Waals surface area contributed by atoms with Crippen LogP contribution in [0.1, 0.15) is 44.9 Å². The van der Waals surface area contributed by atoms with Crippen LogP contribution >= 0.6 is 0 Å². The molecule has 0 amide bonds. The van der Waals surface area contributed by atoms with Crippen molar-refractivity contribution in [1.29, 1.82) is 0 Å². The summed E-state index contributed by atoms with van der Waals surface area (Å²) in [5, 5.41) is 3.88. The lowest BCUT2D eigenvalue weighted by Crippen LogP contribution is -2.50. The first-order valence-corrected chi connectivity index (χ1v) is 8.42. The molecule has 0 aromatic carbocycles. The molecule has 1 N–H and O–H groups in total. The van der Waals surface area contributed by atoms with Gasteiger partial charge in [0.05, 0.1) is 0 Å². The second-order valence-corrected chi connectivity index (χ2v) is 7.25. The molecule has 0 bridgehead atoms. The van der Waals surface area contributed by atoms with Crippen LogP contribution in [0.4, 0.5) is 0 Å². The third-order valence-electron chi connectivity index (χ3n) is 5.59. The van der Waals surface area contributed by atoms with Crippen LogP contribution in [0.5, 0.6) is 0 Å². The van der Waals surface area contributed by atoms with E-state index in [1.807, 2.05) is 0 Å². The molecule has 1 spiro atoms. The molecule has 3 aliphatic rings. The molecule has 3 fully saturated rings. The average Bonchev–Trinajstić information content (AvgIpc) is 2.76. The molecule has 0 aromatic heterocycles. The SMILES string of the molecule is CN1CCC(CN2CCCNC3(CCCC3)C2)CC1. The molecule has 0 aromatic rings. The van der Waals surface area contributed by atoms with Gasteiger partial charge in [-0.1, -0.05) is 12.8 Å². The topological polar surface area (TPSA) is 18.5 Å². The number of nitrogens with one attached hydrogen (secondary N) is 1. The van der Waals surface area contributed by atoms with Gasteiger partial charge in [-0.3, -0.25) is 0 Å². The molecule has 0 atom stereocenters.